The normalized spacial score (nSPS) is 11.6. The smallest absolute Gasteiger partial charge is 0.411 e. The molecule has 0 radical (unpaired) electrons. The monoisotopic (exact) mass is 540 g/mol. The predicted molar refractivity (Wildman–Crippen MR) is 156 cm³/mol. The minimum atomic E-state index is -0.667. The van der Waals surface area contributed by atoms with Crippen LogP contribution in [0.25, 0.3) is 0 Å². The topological polar surface area (TPSA) is 80.3 Å². The highest BCUT2D eigenvalue weighted by molar-refractivity contribution is 5.84. The number of benzene rings is 4. The molecular formula is C33H36N2O5. The van der Waals surface area contributed by atoms with Crippen LogP contribution in [-0.4, -0.2) is 42.4 Å². The molecule has 4 aromatic carbocycles. The van der Waals surface area contributed by atoms with Crippen LogP contribution < -0.4 is 14.8 Å². The standard InChI is InChI=1S/C33H36N2O5/c1-2-38-33(37)34-29-15-19-30(20-16-29)39-22-21-35(23-26-9-5-3-6-10-26)24-32(36)28-13-17-31(18-14-28)40-25-27-11-7-4-8-12-27/h3-20,32,36H,2,21-25H2,1H3,(H,34,37). The van der Waals surface area contributed by atoms with Crippen molar-refractivity contribution in [1.29, 1.82) is 0 Å². The molecule has 0 heterocycles. The van der Waals surface area contributed by atoms with Crippen LogP contribution in [-0.2, 0) is 17.9 Å². The Morgan fingerprint density at radius 1 is 0.800 bits per heavy atom. The van der Waals surface area contributed by atoms with E-state index in [9.17, 15) is 9.90 Å². The van der Waals surface area contributed by atoms with Crippen molar-refractivity contribution in [2.75, 3.05) is 31.6 Å². The van der Waals surface area contributed by atoms with E-state index >= 15 is 0 Å². The number of anilines is 1. The van der Waals surface area contributed by atoms with Gasteiger partial charge in [0.1, 0.15) is 24.7 Å². The molecule has 4 rings (SSSR count). The molecule has 0 bridgehead atoms. The molecule has 40 heavy (non-hydrogen) atoms. The van der Waals surface area contributed by atoms with Crippen LogP contribution in [0.1, 0.15) is 29.7 Å². The van der Waals surface area contributed by atoms with Crippen molar-refractivity contribution in [2.45, 2.75) is 26.2 Å². The first-order valence-corrected chi connectivity index (χ1v) is 13.5. The van der Waals surface area contributed by atoms with Crippen LogP contribution >= 0.6 is 0 Å². The summed E-state index contributed by atoms with van der Waals surface area (Å²) in [5.41, 5.74) is 3.73. The quantitative estimate of drug-likeness (QED) is 0.191. The second-order valence-electron chi connectivity index (χ2n) is 9.30. The number of carbonyl (C=O) groups excluding carboxylic acids is 1. The minimum absolute atomic E-state index is 0.315. The van der Waals surface area contributed by atoms with E-state index in [4.69, 9.17) is 14.2 Å². The van der Waals surface area contributed by atoms with Gasteiger partial charge in [0.25, 0.3) is 0 Å². The summed E-state index contributed by atoms with van der Waals surface area (Å²) in [6.07, 6.45) is -1.15. The van der Waals surface area contributed by atoms with E-state index in [1.165, 1.54) is 0 Å². The molecule has 7 nitrogen and oxygen atoms in total. The number of nitrogens with zero attached hydrogens (tertiary/aromatic N) is 1. The summed E-state index contributed by atoms with van der Waals surface area (Å²) in [6, 6.07) is 35.0. The van der Waals surface area contributed by atoms with Crippen molar-refractivity contribution in [3.8, 4) is 11.5 Å². The molecule has 1 unspecified atom stereocenters. The van der Waals surface area contributed by atoms with Gasteiger partial charge >= 0.3 is 6.09 Å². The maximum atomic E-state index is 11.6. The van der Waals surface area contributed by atoms with Gasteiger partial charge in [0.05, 0.1) is 12.7 Å². The molecule has 0 fully saturated rings. The average Bonchev–Trinajstić information content (AvgIpc) is 2.98. The van der Waals surface area contributed by atoms with Gasteiger partial charge in [-0.15, -0.1) is 0 Å². The second kappa shape index (κ2) is 15.3. The predicted octanol–water partition coefficient (Wildman–Crippen LogP) is 6.45. The van der Waals surface area contributed by atoms with Gasteiger partial charge < -0.3 is 19.3 Å². The first-order chi connectivity index (χ1) is 19.6. The number of hydrogen-bond donors (Lipinski definition) is 2. The minimum Gasteiger partial charge on any atom is -0.492 e. The van der Waals surface area contributed by atoms with Gasteiger partial charge in [0.15, 0.2) is 0 Å². The van der Waals surface area contributed by atoms with Crippen molar-refractivity contribution in [1.82, 2.24) is 4.90 Å². The van der Waals surface area contributed by atoms with Crippen LogP contribution in [0.4, 0.5) is 10.5 Å². The van der Waals surface area contributed by atoms with E-state index in [2.05, 4.69) is 22.3 Å². The Hall–Kier alpha value is -4.33. The number of hydrogen-bond acceptors (Lipinski definition) is 6. The summed E-state index contributed by atoms with van der Waals surface area (Å²) < 4.78 is 16.7. The molecule has 4 aromatic rings. The van der Waals surface area contributed by atoms with E-state index in [-0.39, 0.29) is 0 Å². The van der Waals surface area contributed by atoms with Crippen molar-refractivity contribution in [3.63, 3.8) is 0 Å². The molecule has 0 aliphatic carbocycles. The van der Waals surface area contributed by atoms with Crippen LogP contribution in [0.15, 0.2) is 109 Å². The Bertz CT molecular complexity index is 1280. The van der Waals surface area contributed by atoms with Gasteiger partial charge in [-0.05, 0) is 60.0 Å². The van der Waals surface area contributed by atoms with Crippen LogP contribution in [0, 0.1) is 0 Å². The van der Waals surface area contributed by atoms with Gasteiger partial charge in [-0.25, -0.2) is 4.79 Å². The number of rotatable bonds is 14. The van der Waals surface area contributed by atoms with Gasteiger partial charge in [-0.1, -0.05) is 72.8 Å². The summed E-state index contributed by atoms with van der Waals surface area (Å²) in [4.78, 5) is 13.8. The molecule has 0 aliphatic rings. The molecule has 2 N–H and O–H groups in total. The zero-order valence-electron chi connectivity index (χ0n) is 22.7. The third-order valence-electron chi connectivity index (χ3n) is 6.25. The molecule has 0 saturated heterocycles. The first kappa shape index (κ1) is 28.7. The lowest BCUT2D eigenvalue weighted by Gasteiger charge is -2.25. The van der Waals surface area contributed by atoms with Gasteiger partial charge in [-0.3, -0.25) is 10.2 Å². The highest BCUT2D eigenvalue weighted by atomic mass is 16.5. The van der Waals surface area contributed by atoms with Crippen LogP contribution in [0.3, 0.4) is 0 Å². The van der Waals surface area contributed by atoms with Gasteiger partial charge in [0.2, 0.25) is 0 Å². The van der Waals surface area contributed by atoms with E-state index in [0.29, 0.717) is 50.9 Å². The van der Waals surface area contributed by atoms with E-state index < -0.39 is 12.2 Å². The fraction of sp³-hybridized carbons (Fsp3) is 0.242. The molecule has 0 aliphatic heterocycles. The molecule has 0 saturated carbocycles. The van der Waals surface area contributed by atoms with E-state index in [0.717, 1.165) is 22.4 Å². The molecule has 7 heteroatoms. The second-order valence-corrected chi connectivity index (χ2v) is 9.30. The first-order valence-electron chi connectivity index (χ1n) is 13.5. The Morgan fingerprint density at radius 2 is 1.40 bits per heavy atom. The zero-order chi connectivity index (χ0) is 28.0. The van der Waals surface area contributed by atoms with Crippen LogP contribution in [0.2, 0.25) is 0 Å². The molecule has 208 valence electrons. The lowest BCUT2D eigenvalue weighted by Crippen LogP contribution is -2.32. The fourth-order valence-corrected chi connectivity index (χ4v) is 4.17. The summed E-state index contributed by atoms with van der Waals surface area (Å²) in [5.74, 6) is 1.46. The fourth-order valence-electron chi connectivity index (χ4n) is 4.17. The van der Waals surface area contributed by atoms with Crippen LogP contribution in [0.5, 0.6) is 11.5 Å². The number of nitrogens with one attached hydrogen (secondary N) is 1. The highest BCUT2D eigenvalue weighted by Crippen LogP contribution is 2.21. The number of ether oxygens (including phenoxy) is 3. The molecule has 1 amide bonds. The summed E-state index contributed by atoms with van der Waals surface area (Å²) in [7, 11) is 0. The Morgan fingerprint density at radius 3 is 2.05 bits per heavy atom. The van der Waals surface area contributed by atoms with Gasteiger partial charge in [0, 0.05) is 25.3 Å². The molecule has 0 aromatic heterocycles. The van der Waals surface area contributed by atoms with E-state index in [1.54, 1.807) is 31.2 Å². The lowest BCUT2D eigenvalue weighted by atomic mass is 10.1. The Balaban J connectivity index is 1.31. The summed E-state index contributed by atoms with van der Waals surface area (Å²) in [5, 5.41) is 13.7. The summed E-state index contributed by atoms with van der Waals surface area (Å²) in [6.45, 7) is 4.76. The number of aliphatic hydroxyl groups is 1. The maximum Gasteiger partial charge on any atom is 0.411 e. The van der Waals surface area contributed by atoms with Crippen molar-refractivity contribution < 1.29 is 24.1 Å². The number of amides is 1. The third-order valence-corrected chi connectivity index (χ3v) is 6.25. The Labute approximate surface area is 235 Å². The van der Waals surface area contributed by atoms with E-state index in [1.807, 2.05) is 72.8 Å². The maximum absolute atomic E-state index is 11.6. The molecule has 1 atom stereocenters. The molecular weight excluding hydrogens is 504 g/mol. The zero-order valence-corrected chi connectivity index (χ0v) is 22.7. The Kier molecular flexibility index (Phi) is 11.0. The van der Waals surface area contributed by atoms with Crippen molar-refractivity contribution in [2.24, 2.45) is 0 Å². The number of carbonyl (C=O) groups is 1. The molecule has 0 spiro atoms. The van der Waals surface area contributed by atoms with Crippen molar-refractivity contribution in [3.05, 3.63) is 126 Å². The third kappa shape index (κ3) is 9.45. The SMILES string of the molecule is CCOC(=O)Nc1ccc(OCCN(Cc2ccccc2)CC(O)c2ccc(OCc3ccccc3)cc2)cc1. The van der Waals surface area contributed by atoms with Crippen molar-refractivity contribution >= 4 is 11.8 Å². The van der Waals surface area contributed by atoms with Gasteiger partial charge in [-0.2, -0.15) is 0 Å². The lowest BCUT2D eigenvalue weighted by molar-refractivity contribution is 0.0985. The average molecular weight is 541 g/mol. The largest absolute Gasteiger partial charge is 0.492 e. The highest BCUT2D eigenvalue weighted by Gasteiger charge is 2.15. The number of aliphatic hydroxyl groups excluding tert-OH is 1. The summed E-state index contributed by atoms with van der Waals surface area (Å²) >= 11 is 0.